The summed E-state index contributed by atoms with van der Waals surface area (Å²) in [6.07, 6.45) is 0.773. The lowest BCUT2D eigenvalue weighted by Crippen LogP contribution is -2.07. The minimum atomic E-state index is -0.558. The molecule has 0 saturated carbocycles. The van der Waals surface area contributed by atoms with Crippen molar-refractivity contribution in [3.63, 3.8) is 0 Å². The lowest BCUT2D eigenvalue weighted by atomic mass is 10.4. The smallest absolute Gasteiger partial charge is 0.460 e. The summed E-state index contributed by atoms with van der Waals surface area (Å²) in [5.74, 6) is -0.713. The molecule has 88 valence electrons. The Morgan fingerprint density at radius 2 is 2.00 bits per heavy atom. The molecule has 5 heteroatoms. The SMILES string of the molecule is CCCOC(=[OH+])c1ccc(C(=O)OCC)o1. The Balaban J connectivity index is 2.63. The average molecular weight is 227 g/mol. The van der Waals surface area contributed by atoms with Crippen molar-refractivity contribution in [3.05, 3.63) is 23.7 Å². The van der Waals surface area contributed by atoms with Crippen LogP contribution in [0, 0.1) is 0 Å². The normalized spacial score (nSPS) is 9.88. The number of hydrogen-bond donors (Lipinski definition) is 0. The molecule has 0 radical (unpaired) electrons. The van der Waals surface area contributed by atoms with E-state index in [4.69, 9.17) is 13.9 Å². The van der Waals surface area contributed by atoms with Gasteiger partial charge in [0.05, 0.1) is 6.61 Å². The Hall–Kier alpha value is -1.78. The first-order valence-corrected chi connectivity index (χ1v) is 5.15. The molecule has 1 aromatic rings. The Morgan fingerprint density at radius 3 is 2.62 bits per heavy atom. The van der Waals surface area contributed by atoms with Crippen LogP contribution in [0.1, 0.15) is 36.6 Å². The van der Waals surface area contributed by atoms with Crippen LogP contribution >= 0.6 is 0 Å². The third-order valence-corrected chi connectivity index (χ3v) is 1.74. The zero-order valence-corrected chi connectivity index (χ0v) is 9.36. The van der Waals surface area contributed by atoms with Gasteiger partial charge in [-0.1, -0.05) is 6.92 Å². The molecule has 0 atom stereocenters. The summed E-state index contributed by atoms with van der Waals surface area (Å²) in [6.45, 7) is 4.29. The lowest BCUT2D eigenvalue weighted by Gasteiger charge is -1.96. The summed E-state index contributed by atoms with van der Waals surface area (Å²) >= 11 is 0. The number of furan rings is 1. The molecule has 0 fully saturated rings. The van der Waals surface area contributed by atoms with E-state index in [1.807, 2.05) is 6.92 Å². The van der Waals surface area contributed by atoms with Gasteiger partial charge in [0.2, 0.25) is 5.76 Å². The first-order chi connectivity index (χ1) is 7.69. The Labute approximate surface area is 93.3 Å². The van der Waals surface area contributed by atoms with Gasteiger partial charge in [-0.2, -0.15) is 0 Å². The molecule has 0 spiro atoms. The van der Waals surface area contributed by atoms with Crippen LogP contribution in [0.4, 0.5) is 0 Å². The number of hydrogen-bond acceptors (Lipinski definition) is 4. The monoisotopic (exact) mass is 227 g/mol. The maximum atomic E-state index is 11.2. The van der Waals surface area contributed by atoms with Crippen molar-refractivity contribution in [2.24, 2.45) is 0 Å². The standard InChI is InChI=1S/C11H14O5/c1-3-7-15-11(13)9-6-5-8(16-9)10(12)14-4-2/h5-6H,3-4,7H2,1-2H3/p+1. The molecule has 1 heterocycles. The Kier molecular flexibility index (Phi) is 4.57. The van der Waals surface area contributed by atoms with Crippen molar-refractivity contribution in [2.75, 3.05) is 13.2 Å². The molecule has 0 saturated heterocycles. The van der Waals surface area contributed by atoms with Crippen LogP contribution in [0.25, 0.3) is 0 Å². The van der Waals surface area contributed by atoms with Crippen LogP contribution in [0.3, 0.4) is 0 Å². The maximum Gasteiger partial charge on any atom is 0.554 e. The molecule has 0 bridgehead atoms. The van der Waals surface area contributed by atoms with Gasteiger partial charge in [-0.3, -0.25) is 0 Å². The molecule has 0 aliphatic carbocycles. The molecule has 0 aliphatic heterocycles. The number of rotatable bonds is 5. The number of ether oxygens (including phenoxy) is 2. The highest BCUT2D eigenvalue weighted by Gasteiger charge is 2.22. The van der Waals surface area contributed by atoms with Crippen LogP contribution < -0.4 is 0 Å². The molecule has 16 heavy (non-hydrogen) atoms. The number of carbonyl (C=O) groups excluding carboxylic acids is 2. The maximum absolute atomic E-state index is 11.2. The van der Waals surface area contributed by atoms with Gasteiger partial charge in [0.15, 0.2) is 6.61 Å². The Bertz CT molecular complexity index is 366. The average Bonchev–Trinajstić information content (AvgIpc) is 2.75. The fourth-order valence-electron chi connectivity index (χ4n) is 1.03. The summed E-state index contributed by atoms with van der Waals surface area (Å²) in [5.41, 5.74) is 0. The van der Waals surface area contributed by atoms with E-state index in [1.54, 1.807) is 6.92 Å². The summed E-state index contributed by atoms with van der Waals surface area (Å²) in [7, 11) is 0. The van der Waals surface area contributed by atoms with E-state index in [2.05, 4.69) is 0 Å². The largest absolute Gasteiger partial charge is 0.554 e. The minimum Gasteiger partial charge on any atom is -0.460 e. The van der Waals surface area contributed by atoms with E-state index in [1.165, 1.54) is 12.1 Å². The van der Waals surface area contributed by atoms with Crippen molar-refractivity contribution < 1.29 is 23.5 Å². The van der Waals surface area contributed by atoms with Gasteiger partial charge in [0.25, 0.3) is 5.76 Å². The van der Waals surface area contributed by atoms with E-state index in [-0.39, 0.29) is 24.1 Å². The van der Waals surface area contributed by atoms with E-state index in [0.717, 1.165) is 6.42 Å². The molecule has 0 amide bonds. The highest BCUT2D eigenvalue weighted by atomic mass is 16.6. The zero-order chi connectivity index (χ0) is 12.0. The second kappa shape index (κ2) is 5.95. The van der Waals surface area contributed by atoms with Crippen molar-refractivity contribution in [3.8, 4) is 0 Å². The summed E-state index contributed by atoms with van der Waals surface area (Å²) in [6, 6.07) is 2.89. The van der Waals surface area contributed by atoms with Crippen molar-refractivity contribution >= 4 is 11.9 Å². The topological polar surface area (TPSA) is 70.1 Å². The summed E-state index contributed by atoms with van der Waals surface area (Å²) in [5, 5.41) is 0. The fraction of sp³-hybridized carbons (Fsp3) is 0.455. The predicted octanol–water partition coefficient (Wildman–Crippen LogP) is 1.73. The first-order valence-electron chi connectivity index (χ1n) is 5.15. The van der Waals surface area contributed by atoms with E-state index in [9.17, 15) is 9.59 Å². The summed E-state index contributed by atoms with van der Waals surface area (Å²) < 4.78 is 14.8. The molecular weight excluding hydrogens is 212 g/mol. The van der Waals surface area contributed by atoms with Gasteiger partial charge in [0, 0.05) is 6.42 Å². The van der Waals surface area contributed by atoms with Gasteiger partial charge < -0.3 is 18.7 Å². The zero-order valence-electron chi connectivity index (χ0n) is 9.36. The Morgan fingerprint density at radius 1 is 1.31 bits per heavy atom. The second-order valence-corrected chi connectivity index (χ2v) is 3.04. The summed E-state index contributed by atoms with van der Waals surface area (Å²) in [4.78, 5) is 20.7. The molecular formula is C11H15O5+. The van der Waals surface area contributed by atoms with Crippen LogP contribution in [0.2, 0.25) is 0 Å². The van der Waals surface area contributed by atoms with Crippen LogP contribution in [-0.2, 0) is 9.47 Å². The van der Waals surface area contributed by atoms with Crippen molar-refractivity contribution in [1.29, 1.82) is 0 Å². The van der Waals surface area contributed by atoms with Gasteiger partial charge in [-0.05, 0) is 19.1 Å². The van der Waals surface area contributed by atoms with Crippen LogP contribution in [0.5, 0.6) is 0 Å². The van der Waals surface area contributed by atoms with Crippen molar-refractivity contribution in [2.45, 2.75) is 20.3 Å². The quantitative estimate of drug-likeness (QED) is 0.567. The highest BCUT2D eigenvalue weighted by Crippen LogP contribution is 2.10. The third-order valence-electron chi connectivity index (χ3n) is 1.74. The molecule has 0 unspecified atom stereocenters. The lowest BCUT2D eigenvalue weighted by molar-refractivity contribution is 0.0489. The third kappa shape index (κ3) is 3.12. The van der Waals surface area contributed by atoms with Crippen molar-refractivity contribution in [1.82, 2.24) is 0 Å². The molecule has 0 aliphatic rings. The fourth-order valence-corrected chi connectivity index (χ4v) is 1.03. The molecule has 1 N–H and O–H groups in total. The van der Waals surface area contributed by atoms with Gasteiger partial charge >= 0.3 is 11.9 Å². The number of esters is 2. The van der Waals surface area contributed by atoms with E-state index >= 15 is 0 Å². The molecule has 0 aromatic carbocycles. The van der Waals surface area contributed by atoms with Gasteiger partial charge in [-0.15, -0.1) is 0 Å². The molecule has 1 aromatic heterocycles. The second-order valence-electron chi connectivity index (χ2n) is 3.04. The minimum absolute atomic E-state index is 0.0449. The predicted molar refractivity (Wildman–Crippen MR) is 57.0 cm³/mol. The van der Waals surface area contributed by atoms with E-state index < -0.39 is 5.97 Å². The highest BCUT2D eigenvalue weighted by molar-refractivity contribution is 5.91. The van der Waals surface area contributed by atoms with Gasteiger partial charge in [-0.25, -0.2) is 4.79 Å². The first kappa shape index (κ1) is 12.3. The van der Waals surface area contributed by atoms with Crippen LogP contribution in [0.15, 0.2) is 16.5 Å². The van der Waals surface area contributed by atoms with Crippen LogP contribution in [-0.4, -0.2) is 29.9 Å². The number of carbonyl (C=O) groups is 1. The van der Waals surface area contributed by atoms with Gasteiger partial charge in [0.1, 0.15) is 0 Å². The molecule has 1 rings (SSSR count). The molecule has 5 nitrogen and oxygen atoms in total. The van der Waals surface area contributed by atoms with E-state index in [0.29, 0.717) is 6.61 Å².